The summed E-state index contributed by atoms with van der Waals surface area (Å²) < 4.78 is 0. The molecule has 120 valence electrons. The van der Waals surface area contributed by atoms with E-state index in [4.69, 9.17) is 4.98 Å². The van der Waals surface area contributed by atoms with Crippen LogP contribution in [0.2, 0.25) is 0 Å². The number of thiazole rings is 1. The molecular weight excluding hydrogens is 280 g/mol. The molecule has 1 aromatic rings. The predicted molar refractivity (Wildman–Crippen MR) is 90.7 cm³/mol. The van der Waals surface area contributed by atoms with Crippen LogP contribution in [0.5, 0.6) is 0 Å². The molecule has 2 heterocycles. The van der Waals surface area contributed by atoms with Crippen LogP contribution in [0.25, 0.3) is 0 Å². The summed E-state index contributed by atoms with van der Waals surface area (Å²) in [4.78, 5) is 9.89. The van der Waals surface area contributed by atoms with Crippen molar-refractivity contribution in [2.24, 2.45) is 0 Å². The lowest BCUT2D eigenvalue weighted by molar-refractivity contribution is 0.0957. The summed E-state index contributed by atoms with van der Waals surface area (Å²) in [6.45, 7) is 15.6. The lowest BCUT2D eigenvalue weighted by atomic mass is 10.2. The van der Waals surface area contributed by atoms with Gasteiger partial charge in [0.2, 0.25) is 0 Å². The lowest BCUT2D eigenvalue weighted by Gasteiger charge is -2.37. The van der Waals surface area contributed by atoms with Crippen LogP contribution in [-0.2, 0) is 13.1 Å². The highest BCUT2D eigenvalue weighted by Crippen LogP contribution is 2.14. The molecule has 1 fully saturated rings. The molecule has 4 nitrogen and oxygen atoms in total. The van der Waals surface area contributed by atoms with Gasteiger partial charge in [-0.05, 0) is 13.3 Å². The van der Waals surface area contributed by atoms with Gasteiger partial charge in [-0.3, -0.25) is 9.80 Å². The molecule has 0 radical (unpaired) electrons. The molecule has 1 aromatic heterocycles. The van der Waals surface area contributed by atoms with Gasteiger partial charge in [-0.15, -0.1) is 11.3 Å². The monoisotopic (exact) mass is 310 g/mol. The number of hydrogen-bond acceptors (Lipinski definition) is 5. The normalized spacial score (nSPS) is 19.3. The smallest absolute Gasteiger partial charge is 0.107 e. The molecule has 5 heteroatoms. The first kappa shape index (κ1) is 16.9. The van der Waals surface area contributed by atoms with Gasteiger partial charge in [-0.1, -0.05) is 20.8 Å². The van der Waals surface area contributed by atoms with Crippen LogP contribution in [0.4, 0.5) is 0 Å². The molecule has 0 bridgehead atoms. The number of rotatable bonds is 7. The maximum Gasteiger partial charge on any atom is 0.107 e. The Kier molecular flexibility index (Phi) is 6.61. The summed E-state index contributed by atoms with van der Waals surface area (Å²) in [5.41, 5.74) is 1.23. The summed E-state index contributed by atoms with van der Waals surface area (Å²) >= 11 is 1.78. The SMILES string of the molecule is CCC(C)N1CCN(Cc2csc(CNC(C)C)n2)CC1. The first-order chi connectivity index (χ1) is 10.1. The number of nitrogens with one attached hydrogen (secondary N) is 1. The van der Waals surface area contributed by atoms with Gasteiger partial charge in [-0.2, -0.15) is 0 Å². The lowest BCUT2D eigenvalue weighted by Crippen LogP contribution is -2.49. The van der Waals surface area contributed by atoms with E-state index in [0.29, 0.717) is 6.04 Å². The summed E-state index contributed by atoms with van der Waals surface area (Å²) in [5, 5.41) is 6.86. The van der Waals surface area contributed by atoms with Gasteiger partial charge in [0.1, 0.15) is 5.01 Å². The Balaban J connectivity index is 1.76. The highest BCUT2D eigenvalue weighted by atomic mass is 32.1. The van der Waals surface area contributed by atoms with Crippen molar-refractivity contribution in [2.75, 3.05) is 26.2 Å². The minimum atomic E-state index is 0.519. The molecule has 0 spiro atoms. The van der Waals surface area contributed by atoms with E-state index in [1.807, 2.05) is 0 Å². The molecule has 2 rings (SSSR count). The van der Waals surface area contributed by atoms with E-state index in [1.54, 1.807) is 11.3 Å². The fraction of sp³-hybridized carbons (Fsp3) is 0.812. The van der Waals surface area contributed by atoms with Crippen LogP contribution in [0.1, 0.15) is 44.8 Å². The second-order valence-corrected chi connectivity index (χ2v) is 7.28. The topological polar surface area (TPSA) is 31.4 Å². The van der Waals surface area contributed by atoms with Gasteiger partial charge >= 0.3 is 0 Å². The molecule has 1 aliphatic heterocycles. The molecule has 0 aromatic carbocycles. The Bertz CT molecular complexity index is 410. The quantitative estimate of drug-likeness (QED) is 0.839. The van der Waals surface area contributed by atoms with Crippen molar-refractivity contribution < 1.29 is 0 Å². The third-order valence-electron chi connectivity index (χ3n) is 4.27. The van der Waals surface area contributed by atoms with Gasteiger partial charge in [0, 0.05) is 56.7 Å². The fourth-order valence-electron chi connectivity index (χ4n) is 2.64. The largest absolute Gasteiger partial charge is 0.308 e. The second-order valence-electron chi connectivity index (χ2n) is 6.34. The van der Waals surface area contributed by atoms with Crippen LogP contribution < -0.4 is 5.32 Å². The molecule has 0 saturated carbocycles. The summed E-state index contributed by atoms with van der Waals surface area (Å²) in [6.07, 6.45) is 1.25. The Morgan fingerprint density at radius 2 is 1.95 bits per heavy atom. The van der Waals surface area contributed by atoms with Crippen LogP contribution in [0, 0.1) is 0 Å². The number of piperazine rings is 1. The Morgan fingerprint density at radius 1 is 1.24 bits per heavy atom. The first-order valence-corrected chi connectivity index (χ1v) is 9.09. The van der Waals surface area contributed by atoms with Crippen LogP contribution in [0.3, 0.4) is 0 Å². The zero-order valence-electron chi connectivity index (χ0n) is 13.9. The predicted octanol–water partition coefficient (Wildman–Crippen LogP) is 2.56. The van der Waals surface area contributed by atoms with E-state index in [0.717, 1.165) is 19.1 Å². The molecule has 1 N–H and O–H groups in total. The number of nitrogens with zero attached hydrogens (tertiary/aromatic N) is 3. The zero-order valence-corrected chi connectivity index (χ0v) is 14.7. The van der Waals surface area contributed by atoms with Crippen molar-refractivity contribution in [1.29, 1.82) is 0 Å². The van der Waals surface area contributed by atoms with Gasteiger partial charge < -0.3 is 5.32 Å². The third kappa shape index (κ3) is 5.33. The van der Waals surface area contributed by atoms with E-state index < -0.39 is 0 Å². The molecule has 1 saturated heterocycles. The van der Waals surface area contributed by atoms with Crippen molar-refractivity contribution in [3.05, 3.63) is 16.1 Å². The van der Waals surface area contributed by atoms with Crippen molar-refractivity contribution in [1.82, 2.24) is 20.1 Å². The van der Waals surface area contributed by atoms with Gasteiger partial charge in [-0.25, -0.2) is 4.98 Å². The van der Waals surface area contributed by atoms with Crippen molar-refractivity contribution in [2.45, 2.75) is 59.3 Å². The zero-order chi connectivity index (χ0) is 15.2. The third-order valence-corrected chi connectivity index (χ3v) is 5.17. The second kappa shape index (κ2) is 8.22. The average molecular weight is 311 g/mol. The molecule has 1 unspecified atom stereocenters. The van der Waals surface area contributed by atoms with E-state index >= 15 is 0 Å². The summed E-state index contributed by atoms with van der Waals surface area (Å²) in [5.74, 6) is 0. The molecule has 1 aliphatic rings. The first-order valence-electron chi connectivity index (χ1n) is 8.21. The fourth-order valence-corrected chi connectivity index (χ4v) is 3.38. The highest BCUT2D eigenvalue weighted by Gasteiger charge is 2.20. The van der Waals surface area contributed by atoms with E-state index in [-0.39, 0.29) is 0 Å². The minimum Gasteiger partial charge on any atom is -0.308 e. The van der Waals surface area contributed by atoms with E-state index in [1.165, 1.54) is 43.3 Å². The van der Waals surface area contributed by atoms with Gasteiger partial charge in [0.05, 0.1) is 5.69 Å². The van der Waals surface area contributed by atoms with Gasteiger partial charge in [0.25, 0.3) is 0 Å². The van der Waals surface area contributed by atoms with Crippen LogP contribution >= 0.6 is 11.3 Å². The standard InChI is InChI=1S/C16H30N4S/c1-5-14(4)20-8-6-19(7-9-20)11-15-12-21-16(18-15)10-17-13(2)3/h12-14,17H,5-11H2,1-4H3. The Hall–Kier alpha value is -0.490. The average Bonchev–Trinajstić information content (AvgIpc) is 2.92. The van der Waals surface area contributed by atoms with Gasteiger partial charge in [0.15, 0.2) is 0 Å². The van der Waals surface area contributed by atoms with Crippen molar-refractivity contribution in [3.8, 4) is 0 Å². The number of hydrogen-bond donors (Lipinski definition) is 1. The highest BCUT2D eigenvalue weighted by molar-refractivity contribution is 7.09. The Morgan fingerprint density at radius 3 is 2.57 bits per heavy atom. The Labute approximate surface area is 133 Å². The van der Waals surface area contributed by atoms with Crippen molar-refractivity contribution in [3.63, 3.8) is 0 Å². The molecule has 1 atom stereocenters. The summed E-state index contributed by atoms with van der Waals surface area (Å²) in [7, 11) is 0. The summed E-state index contributed by atoms with van der Waals surface area (Å²) in [6, 6.07) is 1.24. The number of aromatic nitrogens is 1. The maximum atomic E-state index is 4.75. The van der Waals surface area contributed by atoms with E-state index in [2.05, 4.69) is 48.2 Å². The van der Waals surface area contributed by atoms with E-state index in [9.17, 15) is 0 Å². The molecule has 0 amide bonds. The maximum absolute atomic E-state index is 4.75. The minimum absolute atomic E-state index is 0.519. The molecule has 0 aliphatic carbocycles. The van der Waals surface area contributed by atoms with Crippen LogP contribution in [-0.4, -0.2) is 53.0 Å². The molecular formula is C16H30N4S. The van der Waals surface area contributed by atoms with Crippen LogP contribution in [0.15, 0.2) is 5.38 Å². The van der Waals surface area contributed by atoms with Crippen molar-refractivity contribution >= 4 is 11.3 Å². The molecule has 21 heavy (non-hydrogen) atoms.